The van der Waals surface area contributed by atoms with Crippen molar-refractivity contribution in [2.24, 2.45) is 0 Å². The van der Waals surface area contributed by atoms with E-state index in [1.807, 2.05) is 13.0 Å². The Balaban J connectivity index is 1.78. The summed E-state index contributed by atoms with van der Waals surface area (Å²) in [5, 5.41) is 3.28. The van der Waals surface area contributed by atoms with Crippen molar-refractivity contribution in [3.05, 3.63) is 87.8 Å². The molecule has 5 heteroatoms. The third-order valence-electron chi connectivity index (χ3n) is 4.19. The molecular weight excluding hydrogens is 333 g/mol. The number of halogens is 1. The fraction of sp³-hybridized carbons (Fsp3) is 0.0476. The van der Waals surface area contributed by atoms with Crippen LogP contribution < -0.4 is 10.7 Å². The number of amides is 1. The number of anilines is 1. The number of hydrogen-bond acceptors (Lipinski definition) is 3. The number of nitrogens with one attached hydrogen (secondary N) is 1. The average Bonchev–Trinajstić information content (AvgIpc) is 2.63. The largest absolute Gasteiger partial charge is 0.453 e. The molecule has 1 heterocycles. The number of rotatable bonds is 2. The van der Waals surface area contributed by atoms with Gasteiger partial charge in [0, 0.05) is 17.3 Å². The predicted molar refractivity (Wildman–Crippen MR) is 99.1 cm³/mol. The van der Waals surface area contributed by atoms with Crippen LogP contribution in [-0.4, -0.2) is 5.91 Å². The van der Waals surface area contributed by atoms with Crippen LogP contribution in [0.1, 0.15) is 15.9 Å². The summed E-state index contributed by atoms with van der Waals surface area (Å²) in [6.07, 6.45) is 0. The first-order chi connectivity index (χ1) is 12.5. The van der Waals surface area contributed by atoms with Crippen LogP contribution in [0.15, 0.2) is 69.9 Å². The molecular formula is C21H14FNO3. The first-order valence-corrected chi connectivity index (χ1v) is 8.06. The van der Waals surface area contributed by atoms with E-state index in [1.165, 1.54) is 24.3 Å². The van der Waals surface area contributed by atoms with Gasteiger partial charge in [0.2, 0.25) is 5.43 Å². The van der Waals surface area contributed by atoms with Crippen LogP contribution in [0.25, 0.3) is 21.9 Å². The van der Waals surface area contributed by atoms with E-state index in [-0.39, 0.29) is 27.9 Å². The summed E-state index contributed by atoms with van der Waals surface area (Å²) >= 11 is 0. The number of aryl methyl sites for hydroxylation is 1. The molecule has 1 amide bonds. The molecule has 4 nitrogen and oxygen atoms in total. The minimum absolute atomic E-state index is 0.0906. The predicted octanol–water partition coefficient (Wildman–Crippen LogP) is 4.65. The number of benzene rings is 3. The molecule has 0 aliphatic rings. The number of fused-ring (bicyclic) bond motifs is 2. The van der Waals surface area contributed by atoms with Crippen molar-refractivity contribution in [1.82, 2.24) is 0 Å². The molecule has 0 unspecified atom stereocenters. The maximum atomic E-state index is 14.0. The topological polar surface area (TPSA) is 59.3 Å². The van der Waals surface area contributed by atoms with E-state index in [0.717, 1.165) is 5.56 Å². The summed E-state index contributed by atoms with van der Waals surface area (Å²) in [5.41, 5.74) is 1.78. The van der Waals surface area contributed by atoms with E-state index in [9.17, 15) is 14.0 Å². The highest BCUT2D eigenvalue weighted by Gasteiger charge is 2.12. The first-order valence-electron chi connectivity index (χ1n) is 8.06. The van der Waals surface area contributed by atoms with Crippen LogP contribution in [0.2, 0.25) is 0 Å². The molecule has 0 saturated carbocycles. The second-order valence-corrected chi connectivity index (χ2v) is 6.08. The fourth-order valence-electron chi connectivity index (χ4n) is 2.91. The van der Waals surface area contributed by atoms with Gasteiger partial charge in [0.05, 0.1) is 10.8 Å². The van der Waals surface area contributed by atoms with Gasteiger partial charge in [-0.05, 0) is 43.3 Å². The lowest BCUT2D eigenvalue weighted by Gasteiger charge is -2.08. The van der Waals surface area contributed by atoms with Gasteiger partial charge in [-0.15, -0.1) is 0 Å². The number of para-hydroxylation sites is 1. The molecule has 0 bridgehead atoms. The van der Waals surface area contributed by atoms with Crippen molar-refractivity contribution in [3.63, 3.8) is 0 Å². The van der Waals surface area contributed by atoms with Crippen molar-refractivity contribution < 1.29 is 13.6 Å². The molecule has 0 saturated heterocycles. The monoisotopic (exact) mass is 347 g/mol. The zero-order valence-electron chi connectivity index (χ0n) is 13.9. The zero-order valence-corrected chi connectivity index (χ0v) is 13.9. The van der Waals surface area contributed by atoms with Gasteiger partial charge in [-0.25, -0.2) is 4.39 Å². The molecule has 3 aromatic carbocycles. The highest BCUT2D eigenvalue weighted by atomic mass is 19.1. The van der Waals surface area contributed by atoms with E-state index >= 15 is 0 Å². The molecule has 128 valence electrons. The van der Waals surface area contributed by atoms with E-state index in [4.69, 9.17) is 4.42 Å². The Labute approximate surface area is 147 Å². The third-order valence-corrected chi connectivity index (χ3v) is 4.19. The lowest BCUT2D eigenvalue weighted by atomic mass is 10.1. The molecule has 0 radical (unpaired) electrons. The van der Waals surface area contributed by atoms with Crippen LogP contribution in [0.5, 0.6) is 0 Å². The quantitative estimate of drug-likeness (QED) is 0.537. The van der Waals surface area contributed by atoms with Crippen LogP contribution in [0.3, 0.4) is 0 Å². The van der Waals surface area contributed by atoms with Crippen molar-refractivity contribution >= 4 is 33.5 Å². The summed E-state index contributed by atoms with van der Waals surface area (Å²) in [6.45, 7) is 1.90. The Morgan fingerprint density at radius 3 is 2.62 bits per heavy atom. The summed E-state index contributed by atoms with van der Waals surface area (Å²) in [6, 6.07) is 16.1. The van der Waals surface area contributed by atoms with Crippen molar-refractivity contribution in [1.29, 1.82) is 0 Å². The SMILES string of the molecule is Cc1cccc(C(=O)Nc2ccc3c(=O)c4cccc(F)c4oc3c2)c1. The van der Waals surface area contributed by atoms with Crippen molar-refractivity contribution in [2.45, 2.75) is 6.92 Å². The van der Waals surface area contributed by atoms with E-state index in [0.29, 0.717) is 16.6 Å². The van der Waals surface area contributed by atoms with E-state index in [1.54, 1.807) is 30.3 Å². The summed E-state index contributed by atoms with van der Waals surface area (Å²) < 4.78 is 19.5. The molecule has 0 atom stereocenters. The third kappa shape index (κ3) is 2.73. The van der Waals surface area contributed by atoms with Gasteiger partial charge in [0.15, 0.2) is 11.4 Å². The van der Waals surface area contributed by atoms with Gasteiger partial charge >= 0.3 is 0 Å². The molecule has 1 N–H and O–H groups in total. The molecule has 1 aromatic heterocycles. The normalized spacial score (nSPS) is 11.0. The molecule has 26 heavy (non-hydrogen) atoms. The van der Waals surface area contributed by atoms with E-state index in [2.05, 4.69) is 5.32 Å². The standard InChI is InChI=1S/C21H14FNO3/c1-12-4-2-5-13(10-12)21(25)23-14-8-9-15-18(11-14)26-20-16(19(15)24)6-3-7-17(20)22/h2-11H,1H3,(H,23,25). The van der Waals surface area contributed by atoms with Crippen molar-refractivity contribution in [3.8, 4) is 0 Å². The van der Waals surface area contributed by atoms with Crippen LogP contribution in [0, 0.1) is 12.7 Å². The maximum Gasteiger partial charge on any atom is 0.255 e. The highest BCUT2D eigenvalue weighted by Crippen LogP contribution is 2.23. The van der Waals surface area contributed by atoms with Crippen LogP contribution in [0.4, 0.5) is 10.1 Å². The number of hydrogen-bond donors (Lipinski definition) is 1. The maximum absolute atomic E-state index is 14.0. The van der Waals surface area contributed by atoms with Crippen LogP contribution >= 0.6 is 0 Å². The Morgan fingerprint density at radius 2 is 1.81 bits per heavy atom. The highest BCUT2D eigenvalue weighted by molar-refractivity contribution is 6.05. The second-order valence-electron chi connectivity index (χ2n) is 6.08. The molecule has 0 aliphatic heterocycles. The summed E-state index contributed by atoms with van der Waals surface area (Å²) in [5.74, 6) is -0.877. The lowest BCUT2D eigenvalue weighted by Crippen LogP contribution is -2.12. The minimum Gasteiger partial charge on any atom is -0.453 e. The fourth-order valence-corrected chi connectivity index (χ4v) is 2.91. The Bertz CT molecular complexity index is 1230. The Hall–Kier alpha value is -3.47. The smallest absolute Gasteiger partial charge is 0.255 e. The van der Waals surface area contributed by atoms with Gasteiger partial charge in [-0.1, -0.05) is 23.8 Å². The summed E-state index contributed by atoms with van der Waals surface area (Å²) in [7, 11) is 0. The van der Waals surface area contributed by atoms with Gasteiger partial charge in [-0.3, -0.25) is 9.59 Å². The van der Waals surface area contributed by atoms with E-state index < -0.39 is 5.82 Å². The van der Waals surface area contributed by atoms with Gasteiger partial charge in [-0.2, -0.15) is 0 Å². The molecule has 0 spiro atoms. The second kappa shape index (κ2) is 6.11. The molecule has 0 fully saturated rings. The average molecular weight is 347 g/mol. The van der Waals surface area contributed by atoms with Gasteiger partial charge < -0.3 is 9.73 Å². The lowest BCUT2D eigenvalue weighted by molar-refractivity contribution is 0.102. The number of carbonyl (C=O) groups excluding carboxylic acids is 1. The van der Waals surface area contributed by atoms with Gasteiger partial charge in [0.1, 0.15) is 5.58 Å². The summed E-state index contributed by atoms with van der Waals surface area (Å²) in [4.78, 5) is 24.9. The van der Waals surface area contributed by atoms with Gasteiger partial charge in [0.25, 0.3) is 5.91 Å². The molecule has 4 aromatic rings. The molecule has 4 rings (SSSR count). The zero-order chi connectivity index (χ0) is 18.3. The Kier molecular flexibility index (Phi) is 3.77. The first kappa shape index (κ1) is 16.0. The van der Waals surface area contributed by atoms with Crippen molar-refractivity contribution in [2.75, 3.05) is 5.32 Å². The van der Waals surface area contributed by atoms with Crippen LogP contribution in [-0.2, 0) is 0 Å². The minimum atomic E-state index is -0.601. The Morgan fingerprint density at radius 1 is 1.00 bits per heavy atom. The number of carbonyl (C=O) groups is 1. The molecule has 0 aliphatic carbocycles.